The van der Waals surface area contributed by atoms with Crippen LogP contribution in [-0.4, -0.2) is 61.6 Å². The van der Waals surface area contributed by atoms with Crippen molar-refractivity contribution < 1.29 is 44.3 Å². The maximum atomic E-state index is 11.8. The summed E-state index contributed by atoms with van der Waals surface area (Å²) in [6, 6.07) is 2.56. The number of hydrogen-bond donors (Lipinski definition) is 0. The smallest absolute Gasteiger partial charge is 0.870 e. The molecule has 1 aliphatic heterocycles. The normalized spacial score (nSPS) is 15.9. The molecule has 0 radical (unpaired) electrons. The number of methoxy groups -OCH3 is 1. The van der Waals surface area contributed by atoms with Gasteiger partial charge in [-0.15, -0.1) is 0 Å². The maximum absolute atomic E-state index is 11.8. The first-order valence-electron chi connectivity index (χ1n) is 7.44. The molecule has 2 rings (SSSR count). The van der Waals surface area contributed by atoms with Gasteiger partial charge < -0.3 is 19.6 Å². The number of rotatable bonds is 6. The molecular weight excluding hydrogens is 309 g/mol. The number of aryl methyl sites for hydroxylation is 1. The SMILES string of the molecule is COc1cc([N+](=O)[O-])c(CCCN2CCN(C)CC2)cc1[O-].[Na+]. The summed E-state index contributed by atoms with van der Waals surface area (Å²) >= 11 is 0. The van der Waals surface area contributed by atoms with Crippen LogP contribution in [0.1, 0.15) is 12.0 Å². The molecule has 0 unspecified atom stereocenters. The molecule has 0 bridgehead atoms. The fourth-order valence-corrected chi connectivity index (χ4v) is 2.69. The van der Waals surface area contributed by atoms with Crippen molar-refractivity contribution in [2.45, 2.75) is 12.8 Å². The van der Waals surface area contributed by atoms with Gasteiger partial charge in [0.2, 0.25) is 0 Å². The Hall–Kier alpha value is -0.860. The summed E-state index contributed by atoms with van der Waals surface area (Å²) in [5.74, 6) is -0.280. The van der Waals surface area contributed by atoms with Crippen LogP contribution < -0.4 is 39.4 Å². The van der Waals surface area contributed by atoms with E-state index in [2.05, 4.69) is 16.8 Å². The fraction of sp³-hybridized carbons (Fsp3) is 0.600. The van der Waals surface area contributed by atoms with Gasteiger partial charge in [-0.1, -0.05) is 11.8 Å². The molecule has 1 aromatic rings. The summed E-state index contributed by atoms with van der Waals surface area (Å²) < 4.78 is 4.87. The number of likely N-dealkylation sites (N-methyl/N-ethyl adjacent to an activating group) is 1. The van der Waals surface area contributed by atoms with E-state index in [0.29, 0.717) is 12.0 Å². The summed E-state index contributed by atoms with van der Waals surface area (Å²) in [4.78, 5) is 15.3. The predicted molar refractivity (Wildman–Crippen MR) is 81.4 cm³/mol. The third-order valence-corrected chi connectivity index (χ3v) is 4.08. The van der Waals surface area contributed by atoms with Crippen molar-refractivity contribution in [1.82, 2.24) is 9.80 Å². The van der Waals surface area contributed by atoms with Crippen molar-refractivity contribution in [3.8, 4) is 11.5 Å². The molecule has 0 saturated carbocycles. The van der Waals surface area contributed by atoms with Gasteiger partial charge in [0.1, 0.15) is 5.75 Å². The minimum Gasteiger partial charge on any atom is -0.870 e. The third-order valence-electron chi connectivity index (χ3n) is 4.08. The van der Waals surface area contributed by atoms with Crippen LogP contribution in [0.3, 0.4) is 0 Å². The van der Waals surface area contributed by atoms with Crippen LogP contribution in [0.5, 0.6) is 11.5 Å². The monoisotopic (exact) mass is 331 g/mol. The Morgan fingerprint density at radius 2 is 1.91 bits per heavy atom. The van der Waals surface area contributed by atoms with Crippen LogP contribution in [0, 0.1) is 10.1 Å². The second kappa shape index (κ2) is 9.44. The Morgan fingerprint density at radius 1 is 1.26 bits per heavy atom. The molecule has 0 atom stereocenters. The van der Waals surface area contributed by atoms with Gasteiger partial charge in [-0.05, 0) is 26.4 Å². The molecule has 23 heavy (non-hydrogen) atoms. The molecular formula is C15H22N3NaO4. The van der Waals surface area contributed by atoms with E-state index < -0.39 is 4.92 Å². The summed E-state index contributed by atoms with van der Waals surface area (Å²) in [5.41, 5.74) is 0.458. The van der Waals surface area contributed by atoms with Gasteiger partial charge in [-0.2, -0.15) is 0 Å². The molecule has 0 spiro atoms. The Bertz CT molecular complexity index is 534. The first-order valence-corrected chi connectivity index (χ1v) is 7.44. The summed E-state index contributed by atoms with van der Waals surface area (Å²) in [5, 5.41) is 22.9. The molecule has 1 heterocycles. The van der Waals surface area contributed by atoms with Crippen LogP contribution in [0.2, 0.25) is 0 Å². The molecule has 1 saturated heterocycles. The standard InChI is InChI=1S/C15H23N3O4.Na/c1-16-6-8-17(9-7-16)5-3-4-12-10-14(19)15(22-2)11-13(12)18(20)21;/h10-11,19H,3-9H2,1-2H3;/q;+1/p-1. The predicted octanol–water partition coefficient (Wildman–Crippen LogP) is -2.14. The number of nitro benzene ring substituents is 1. The molecule has 8 heteroatoms. The third kappa shape index (κ3) is 5.61. The number of nitrogens with zero attached hydrogens (tertiary/aromatic N) is 3. The second-order valence-electron chi connectivity index (χ2n) is 5.64. The molecule has 0 N–H and O–H groups in total. The van der Waals surface area contributed by atoms with Crippen molar-refractivity contribution in [1.29, 1.82) is 0 Å². The fourth-order valence-electron chi connectivity index (χ4n) is 2.69. The Balaban J connectivity index is 0.00000264. The van der Waals surface area contributed by atoms with Gasteiger partial charge in [0.15, 0.2) is 0 Å². The van der Waals surface area contributed by atoms with Gasteiger partial charge in [0.05, 0.1) is 18.1 Å². The van der Waals surface area contributed by atoms with Gasteiger partial charge >= 0.3 is 29.6 Å². The number of ether oxygens (including phenoxy) is 1. The zero-order valence-electron chi connectivity index (χ0n) is 14.1. The van der Waals surface area contributed by atoms with Gasteiger partial charge in [-0.25, -0.2) is 0 Å². The van der Waals surface area contributed by atoms with Gasteiger partial charge in [0, 0.05) is 31.7 Å². The summed E-state index contributed by atoms with van der Waals surface area (Å²) in [6.07, 6.45) is 1.33. The van der Waals surface area contributed by atoms with E-state index in [9.17, 15) is 15.2 Å². The molecule has 1 fully saturated rings. The van der Waals surface area contributed by atoms with E-state index in [0.717, 1.165) is 39.1 Å². The first kappa shape index (κ1) is 20.2. The zero-order valence-corrected chi connectivity index (χ0v) is 16.1. The number of benzene rings is 1. The van der Waals surface area contributed by atoms with E-state index in [1.165, 1.54) is 19.2 Å². The van der Waals surface area contributed by atoms with Gasteiger partial charge in [0.25, 0.3) is 5.69 Å². The van der Waals surface area contributed by atoms with E-state index in [1.54, 1.807) is 0 Å². The average Bonchev–Trinajstić information content (AvgIpc) is 2.49. The van der Waals surface area contributed by atoms with E-state index in [-0.39, 0.29) is 46.7 Å². The summed E-state index contributed by atoms with van der Waals surface area (Å²) in [6.45, 7) is 5.04. The second-order valence-corrected chi connectivity index (χ2v) is 5.64. The van der Waals surface area contributed by atoms with Crippen LogP contribution in [0.15, 0.2) is 12.1 Å². The zero-order chi connectivity index (χ0) is 16.1. The Morgan fingerprint density at radius 3 is 2.48 bits per heavy atom. The van der Waals surface area contributed by atoms with Gasteiger partial charge in [-0.3, -0.25) is 10.1 Å². The first-order chi connectivity index (χ1) is 10.5. The van der Waals surface area contributed by atoms with E-state index in [4.69, 9.17) is 4.74 Å². The van der Waals surface area contributed by atoms with Crippen molar-refractivity contribution in [2.75, 3.05) is 46.9 Å². The molecule has 1 aromatic carbocycles. The van der Waals surface area contributed by atoms with E-state index >= 15 is 0 Å². The van der Waals surface area contributed by atoms with E-state index in [1.807, 2.05) is 0 Å². The maximum Gasteiger partial charge on any atom is 1.00 e. The molecule has 122 valence electrons. The topological polar surface area (TPSA) is 81.9 Å². The molecule has 0 amide bonds. The molecule has 1 aliphatic rings. The largest absolute Gasteiger partial charge is 1.00 e. The van der Waals surface area contributed by atoms with Crippen molar-refractivity contribution in [3.63, 3.8) is 0 Å². The van der Waals surface area contributed by atoms with Crippen molar-refractivity contribution in [3.05, 3.63) is 27.8 Å². The number of piperazine rings is 1. The quantitative estimate of drug-likeness (QED) is 0.336. The van der Waals surface area contributed by atoms with Crippen LogP contribution in [0.4, 0.5) is 5.69 Å². The average molecular weight is 331 g/mol. The Kier molecular flexibility index (Phi) is 8.28. The van der Waals surface area contributed by atoms with Crippen LogP contribution in [0.25, 0.3) is 0 Å². The van der Waals surface area contributed by atoms with Crippen molar-refractivity contribution >= 4 is 5.69 Å². The van der Waals surface area contributed by atoms with Crippen LogP contribution in [-0.2, 0) is 6.42 Å². The van der Waals surface area contributed by atoms with Crippen LogP contribution >= 0.6 is 0 Å². The number of hydrogen-bond acceptors (Lipinski definition) is 6. The minimum atomic E-state index is -0.451. The molecule has 0 aliphatic carbocycles. The van der Waals surface area contributed by atoms with Crippen molar-refractivity contribution in [2.24, 2.45) is 0 Å². The Labute approximate surface area is 158 Å². The molecule has 7 nitrogen and oxygen atoms in total. The number of nitro groups is 1. The minimum absolute atomic E-state index is 0. The summed E-state index contributed by atoms with van der Waals surface area (Å²) in [7, 11) is 3.45. The molecule has 0 aromatic heterocycles.